The first kappa shape index (κ1) is 17.8. The van der Waals surface area contributed by atoms with Crippen molar-refractivity contribution < 1.29 is 0 Å². The molecule has 8 heteroatoms. The number of hydrogen-bond acceptors (Lipinski definition) is 6. The van der Waals surface area contributed by atoms with E-state index in [0.717, 1.165) is 47.8 Å². The van der Waals surface area contributed by atoms with Gasteiger partial charge in [-0.1, -0.05) is 0 Å². The Bertz CT molecular complexity index is 1290. The molecule has 0 spiro atoms. The third kappa shape index (κ3) is 3.15. The second kappa shape index (κ2) is 6.66. The minimum absolute atomic E-state index is 0.322. The van der Waals surface area contributed by atoms with Crippen molar-refractivity contribution in [3.8, 4) is 11.4 Å². The van der Waals surface area contributed by atoms with Crippen molar-refractivity contribution in [3.63, 3.8) is 0 Å². The normalized spacial score (nSPS) is 17.3. The molecule has 0 unspecified atom stereocenters. The summed E-state index contributed by atoms with van der Waals surface area (Å²) >= 11 is 0. The van der Waals surface area contributed by atoms with Gasteiger partial charge >= 0.3 is 5.69 Å². The number of anilines is 1. The van der Waals surface area contributed by atoms with Crippen LogP contribution in [0, 0.1) is 13.8 Å². The molecular formula is C21H23N7O. The molecule has 1 aliphatic rings. The Morgan fingerprint density at radius 1 is 1.14 bits per heavy atom. The molecule has 5 rings (SSSR count). The molecule has 148 valence electrons. The molecule has 4 aromatic heterocycles. The van der Waals surface area contributed by atoms with E-state index in [1.165, 1.54) is 4.40 Å². The molecule has 0 amide bonds. The largest absolute Gasteiger partial charge is 0.368 e. The highest BCUT2D eigenvalue weighted by Crippen LogP contribution is 2.21. The highest BCUT2D eigenvalue weighted by molar-refractivity contribution is 5.66. The first-order valence-electron chi connectivity index (χ1n) is 9.84. The molecule has 0 aliphatic carbocycles. The Kier molecular flexibility index (Phi) is 4.09. The average Bonchev–Trinajstić information content (AvgIpc) is 3.08. The van der Waals surface area contributed by atoms with Gasteiger partial charge in [0.05, 0.1) is 16.9 Å². The molecule has 1 aliphatic heterocycles. The molecule has 8 nitrogen and oxygen atoms in total. The number of rotatable bonds is 2. The van der Waals surface area contributed by atoms with Crippen LogP contribution in [0.5, 0.6) is 0 Å². The zero-order chi connectivity index (χ0) is 20.1. The summed E-state index contributed by atoms with van der Waals surface area (Å²) in [5.41, 5.74) is 4.97. The van der Waals surface area contributed by atoms with Crippen LogP contribution in [-0.2, 0) is 0 Å². The fourth-order valence-corrected chi connectivity index (χ4v) is 4.01. The number of piperazine rings is 1. The van der Waals surface area contributed by atoms with Crippen molar-refractivity contribution in [2.45, 2.75) is 26.8 Å². The maximum atomic E-state index is 12.8. The number of nitrogens with one attached hydrogen (secondary N) is 1. The van der Waals surface area contributed by atoms with Crippen LogP contribution in [0.4, 0.5) is 5.69 Å². The molecule has 1 atom stereocenters. The molecular weight excluding hydrogens is 366 g/mol. The number of aryl methyl sites for hydroxylation is 2. The molecule has 29 heavy (non-hydrogen) atoms. The summed E-state index contributed by atoms with van der Waals surface area (Å²) in [4.78, 5) is 24.0. The second-order valence-electron chi connectivity index (χ2n) is 7.75. The van der Waals surface area contributed by atoms with Crippen LogP contribution in [0.15, 0.2) is 41.3 Å². The van der Waals surface area contributed by atoms with Crippen molar-refractivity contribution in [1.82, 2.24) is 29.3 Å². The van der Waals surface area contributed by atoms with Gasteiger partial charge in [0.2, 0.25) is 0 Å². The van der Waals surface area contributed by atoms with E-state index in [4.69, 9.17) is 0 Å². The lowest BCUT2D eigenvalue weighted by molar-refractivity contribution is 0.484. The maximum Gasteiger partial charge on any atom is 0.355 e. The molecule has 4 aromatic rings. The highest BCUT2D eigenvalue weighted by atomic mass is 16.1. The lowest BCUT2D eigenvalue weighted by Gasteiger charge is -2.33. The van der Waals surface area contributed by atoms with Crippen LogP contribution in [-0.4, -0.2) is 49.7 Å². The molecule has 0 aromatic carbocycles. The fraction of sp³-hybridized carbons (Fsp3) is 0.333. The third-order valence-electron chi connectivity index (χ3n) is 5.39. The molecule has 1 saturated heterocycles. The Balaban J connectivity index is 1.58. The summed E-state index contributed by atoms with van der Waals surface area (Å²) < 4.78 is 3.41. The summed E-state index contributed by atoms with van der Waals surface area (Å²) in [5, 5.41) is 7.91. The van der Waals surface area contributed by atoms with E-state index in [2.05, 4.69) is 32.2 Å². The van der Waals surface area contributed by atoms with E-state index in [0.29, 0.717) is 17.5 Å². The Hall–Kier alpha value is -3.26. The van der Waals surface area contributed by atoms with E-state index in [1.807, 2.05) is 54.9 Å². The van der Waals surface area contributed by atoms with Crippen molar-refractivity contribution >= 4 is 16.9 Å². The van der Waals surface area contributed by atoms with Gasteiger partial charge in [-0.15, -0.1) is 0 Å². The summed E-state index contributed by atoms with van der Waals surface area (Å²) in [6.45, 7) is 8.85. The van der Waals surface area contributed by atoms with Gasteiger partial charge in [-0.25, -0.2) is 18.7 Å². The van der Waals surface area contributed by atoms with E-state index >= 15 is 0 Å². The highest BCUT2D eigenvalue weighted by Gasteiger charge is 2.17. The number of nitrogens with zero attached hydrogens (tertiary/aromatic N) is 6. The van der Waals surface area contributed by atoms with Gasteiger partial charge in [0, 0.05) is 43.1 Å². The quantitative estimate of drug-likeness (QED) is 0.563. The predicted molar refractivity (Wildman–Crippen MR) is 113 cm³/mol. The monoisotopic (exact) mass is 389 g/mol. The van der Waals surface area contributed by atoms with Crippen LogP contribution in [0.25, 0.3) is 22.6 Å². The van der Waals surface area contributed by atoms with Gasteiger partial charge < -0.3 is 10.2 Å². The molecule has 0 bridgehead atoms. The van der Waals surface area contributed by atoms with Crippen LogP contribution < -0.4 is 15.9 Å². The summed E-state index contributed by atoms with van der Waals surface area (Å²) in [5.74, 6) is 0.433. The molecule has 0 saturated carbocycles. The molecule has 5 heterocycles. The van der Waals surface area contributed by atoms with Crippen LogP contribution in [0.1, 0.15) is 18.3 Å². The van der Waals surface area contributed by atoms with E-state index in [1.54, 1.807) is 0 Å². The van der Waals surface area contributed by atoms with Crippen molar-refractivity contribution in [1.29, 1.82) is 0 Å². The van der Waals surface area contributed by atoms with Crippen LogP contribution in [0.2, 0.25) is 0 Å². The summed E-state index contributed by atoms with van der Waals surface area (Å²) in [7, 11) is 0. The first-order chi connectivity index (χ1) is 14.0. The SMILES string of the molecule is Cc1cc2cc(-c3nc(=O)n4cc(N5CCN[C@@H](C)C5)ccc4n3)cc(C)n2n1. The van der Waals surface area contributed by atoms with E-state index in [-0.39, 0.29) is 5.69 Å². The molecule has 0 radical (unpaired) electrons. The maximum absolute atomic E-state index is 12.8. The minimum atomic E-state index is -0.322. The van der Waals surface area contributed by atoms with Gasteiger partial charge in [0.15, 0.2) is 5.82 Å². The van der Waals surface area contributed by atoms with Gasteiger partial charge in [-0.3, -0.25) is 0 Å². The topological polar surface area (TPSA) is 79.8 Å². The Morgan fingerprint density at radius 3 is 2.83 bits per heavy atom. The van der Waals surface area contributed by atoms with Crippen molar-refractivity contribution in [2.75, 3.05) is 24.5 Å². The van der Waals surface area contributed by atoms with E-state index < -0.39 is 0 Å². The average molecular weight is 389 g/mol. The zero-order valence-corrected chi connectivity index (χ0v) is 16.8. The summed E-state index contributed by atoms with van der Waals surface area (Å²) in [6, 6.07) is 10.3. The van der Waals surface area contributed by atoms with Crippen molar-refractivity contribution in [3.05, 3.63) is 58.4 Å². The Labute approximate surface area is 167 Å². The number of aromatic nitrogens is 5. The van der Waals surface area contributed by atoms with Crippen LogP contribution >= 0.6 is 0 Å². The first-order valence-corrected chi connectivity index (χ1v) is 9.84. The lowest BCUT2D eigenvalue weighted by atomic mass is 10.2. The summed E-state index contributed by atoms with van der Waals surface area (Å²) in [6.07, 6.45) is 1.84. The lowest BCUT2D eigenvalue weighted by Crippen LogP contribution is -2.49. The number of pyridine rings is 2. The number of hydrogen-bond donors (Lipinski definition) is 1. The van der Waals surface area contributed by atoms with Crippen LogP contribution in [0.3, 0.4) is 0 Å². The van der Waals surface area contributed by atoms with Gasteiger partial charge in [0.1, 0.15) is 5.65 Å². The predicted octanol–water partition coefficient (Wildman–Crippen LogP) is 1.82. The standard InChI is InChI=1S/C21H23N7O/c1-13-8-18-10-16(9-15(3)28(18)25-13)20-23-19-5-4-17(12-27(19)21(29)24-20)26-7-6-22-14(2)11-26/h4-5,8-10,12,14,22H,6-7,11H2,1-3H3/t14-/m0/s1. The van der Waals surface area contributed by atoms with Gasteiger partial charge in [-0.2, -0.15) is 10.1 Å². The second-order valence-corrected chi connectivity index (χ2v) is 7.75. The Morgan fingerprint density at radius 2 is 2.00 bits per heavy atom. The third-order valence-corrected chi connectivity index (χ3v) is 5.39. The van der Waals surface area contributed by atoms with Crippen molar-refractivity contribution in [2.24, 2.45) is 0 Å². The smallest absolute Gasteiger partial charge is 0.355 e. The minimum Gasteiger partial charge on any atom is -0.368 e. The van der Waals surface area contributed by atoms with Gasteiger partial charge in [0.25, 0.3) is 0 Å². The fourth-order valence-electron chi connectivity index (χ4n) is 4.01. The molecule has 1 fully saturated rings. The molecule has 1 N–H and O–H groups in total. The van der Waals surface area contributed by atoms with Gasteiger partial charge in [-0.05, 0) is 51.1 Å². The van der Waals surface area contributed by atoms with E-state index in [9.17, 15) is 4.79 Å². The number of fused-ring (bicyclic) bond motifs is 2. The zero-order valence-electron chi connectivity index (χ0n) is 16.8.